The van der Waals surface area contributed by atoms with E-state index in [2.05, 4.69) is 92.7 Å². The van der Waals surface area contributed by atoms with Crippen LogP contribution in [0.15, 0.2) is 155 Å². The number of nitrogens with two attached hydrogens (primary N) is 1. The van der Waals surface area contributed by atoms with E-state index >= 15 is 0 Å². The number of aromatic nitrogens is 11. The first kappa shape index (κ1) is 61.3. The highest BCUT2D eigenvalue weighted by molar-refractivity contribution is 7.17. The van der Waals surface area contributed by atoms with E-state index in [0.717, 1.165) is 34.0 Å². The predicted molar refractivity (Wildman–Crippen MR) is 327 cm³/mol. The SMILES string of the molecule is C=C1NC(CN)=NC=C1OC.COc1cnc(CNC(=O)c2csc3c(=O)[nH]c(-c4ccccn4)nc23)[nH]c1=O.COc1cnc(CNC(=O)c2csc3c(=O)[nH]c(-c4ccccn4)nc23)[nH]c1=O.O=C(O)c1csc2c1NC(c1ccccn1)=NC2O. The van der Waals surface area contributed by atoms with Gasteiger partial charge < -0.3 is 71.4 Å². The van der Waals surface area contributed by atoms with Crippen molar-refractivity contribution in [2.45, 2.75) is 19.3 Å². The van der Waals surface area contributed by atoms with Crippen molar-refractivity contribution in [2.75, 3.05) is 33.2 Å². The quantitative estimate of drug-likeness (QED) is 0.0737. The van der Waals surface area contributed by atoms with Crippen LogP contribution in [0, 0.1) is 0 Å². The lowest BCUT2D eigenvalue weighted by atomic mass is 10.2. The van der Waals surface area contributed by atoms with E-state index in [1.54, 1.807) is 97.3 Å². The summed E-state index contributed by atoms with van der Waals surface area (Å²) in [5.74, 6) is 1.02. The van der Waals surface area contributed by atoms with Crippen molar-refractivity contribution in [2.24, 2.45) is 15.7 Å². The molecule has 1 unspecified atom stereocenters. The number of aromatic carboxylic acids is 1. The number of aliphatic hydroxyl groups is 1. The van der Waals surface area contributed by atoms with Crippen molar-refractivity contribution >= 4 is 89.6 Å². The topological polar surface area (TPSA) is 440 Å². The van der Waals surface area contributed by atoms with Crippen molar-refractivity contribution in [3.05, 3.63) is 206 Å². The normalized spacial score (nSPS) is 12.9. The molecule has 0 aromatic carbocycles. The van der Waals surface area contributed by atoms with Crippen LogP contribution in [0.5, 0.6) is 11.5 Å². The zero-order valence-corrected chi connectivity index (χ0v) is 48.6. The summed E-state index contributed by atoms with van der Waals surface area (Å²) in [7, 11) is 4.30. The maximum absolute atomic E-state index is 12.6. The molecule has 12 N–H and O–H groups in total. The molecule has 33 heteroatoms. The number of carboxylic acid groups (broad SMARTS) is 1. The van der Waals surface area contributed by atoms with Gasteiger partial charge in [0.05, 0.1) is 92.5 Å². The number of carboxylic acids is 1. The molecule has 2 amide bonds. The first-order chi connectivity index (χ1) is 42.6. The molecule has 0 saturated carbocycles. The number of methoxy groups -OCH3 is 3. The van der Waals surface area contributed by atoms with Crippen molar-refractivity contribution in [3.8, 4) is 34.5 Å². The number of thiophene rings is 3. The third-order valence-corrected chi connectivity index (χ3v) is 15.1. The number of amidine groups is 2. The molecule has 2 aliphatic heterocycles. The van der Waals surface area contributed by atoms with E-state index < -0.39 is 35.1 Å². The molecule has 1 atom stereocenters. The molecular weight excluding hydrogens is 1200 g/mol. The maximum Gasteiger partial charge on any atom is 0.338 e. The molecule has 12 heterocycles. The van der Waals surface area contributed by atoms with E-state index in [1.165, 1.54) is 32.0 Å². The van der Waals surface area contributed by atoms with Gasteiger partial charge in [-0.2, -0.15) is 0 Å². The minimum atomic E-state index is -1.06. The van der Waals surface area contributed by atoms with Crippen LogP contribution in [-0.2, 0) is 17.8 Å². The summed E-state index contributed by atoms with van der Waals surface area (Å²) in [6.07, 6.45) is 7.87. The number of fused-ring (bicyclic) bond motifs is 3. The Morgan fingerprint density at radius 1 is 0.636 bits per heavy atom. The molecule has 2 aliphatic rings. The Bertz CT molecular complexity index is 4370. The second-order valence-electron chi connectivity index (χ2n) is 17.7. The molecule has 12 rings (SSSR count). The maximum atomic E-state index is 12.6. The summed E-state index contributed by atoms with van der Waals surface area (Å²) in [4.78, 5) is 133. The van der Waals surface area contributed by atoms with Crippen LogP contribution in [0.3, 0.4) is 0 Å². The van der Waals surface area contributed by atoms with Gasteiger partial charge in [-0.15, -0.1) is 34.0 Å². The summed E-state index contributed by atoms with van der Waals surface area (Å²) in [5.41, 5.74) is 7.59. The van der Waals surface area contributed by atoms with Gasteiger partial charge >= 0.3 is 5.97 Å². The van der Waals surface area contributed by atoms with Crippen LogP contribution in [0.25, 0.3) is 43.5 Å². The van der Waals surface area contributed by atoms with E-state index in [0.29, 0.717) is 66.7 Å². The average Bonchev–Trinajstić information content (AvgIpc) is 1.98. The predicted octanol–water partition coefficient (Wildman–Crippen LogP) is 3.79. The molecule has 0 bridgehead atoms. The van der Waals surface area contributed by atoms with Crippen LogP contribution in [0.1, 0.15) is 59.5 Å². The minimum Gasteiger partial charge on any atom is -0.493 e. The summed E-state index contributed by atoms with van der Waals surface area (Å²) < 4.78 is 15.3. The number of aliphatic imine (C=N–C) groups is 2. The zero-order chi connectivity index (χ0) is 62.4. The standard InChI is InChI=1S/2C18H14N6O4S.C12H9N3O3S.C7H11N3O/c2*1-28-11-6-20-12(22-17(11)26)7-21-16(25)9-8-29-14-13(9)23-15(24-18(14)27)10-4-2-3-5-19-10;16-11-9-8(6(5-19-9)12(17)18)14-10(15-11)7-3-1-2-4-13-7;1-5-6(11-2)4-9-7(3-8)10-5/h2*2-6,8H,7H2,1H3,(H,21,25)(H,20,22,26)(H,23,24,27);1-5,11,16H,(H,14,15)(H,17,18);4H,1,3,8H2,2H3,(H,9,10). The van der Waals surface area contributed by atoms with Crippen LogP contribution in [-0.4, -0.2) is 122 Å². The molecule has 448 valence electrons. The smallest absolute Gasteiger partial charge is 0.338 e. The molecule has 88 heavy (non-hydrogen) atoms. The zero-order valence-electron chi connectivity index (χ0n) is 46.1. The molecular formula is C55H48N18O12S3. The summed E-state index contributed by atoms with van der Waals surface area (Å²) >= 11 is 3.41. The number of anilines is 1. The van der Waals surface area contributed by atoms with E-state index in [4.69, 9.17) is 25.1 Å². The second-order valence-corrected chi connectivity index (χ2v) is 20.4. The van der Waals surface area contributed by atoms with Crippen molar-refractivity contribution < 1.29 is 38.8 Å². The van der Waals surface area contributed by atoms with E-state index in [9.17, 15) is 38.7 Å². The number of hydrogen-bond acceptors (Lipinski definition) is 26. The molecule has 0 spiro atoms. The van der Waals surface area contributed by atoms with Gasteiger partial charge in [-0.25, -0.2) is 34.7 Å². The lowest BCUT2D eigenvalue weighted by Crippen LogP contribution is -2.32. The van der Waals surface area contributed by atoms with Gasteiger partial charge in [-0.1, -0.05) is 24.8 Å². The average molecular weight is 1250 g/mol. The second kappa shape index (κ2) is 28.1. The number of H-pyrrole nitrogens is 4. The summed E-state index contributed by atoms with van der Waals surface area (Å²) in [5, 5.41) is 34.8. The number of pyridine rings is 3. The Labute approximate surface area is 505 Å². The number of ether oxygens (including phenoxy) is 3. The monoisotopic (exact) mass is 1250 g/mol. The third-order valence-electron chi connectivity index (χ3n) is 12.1. The van der Waals surface area contributed by atoms with Crippen molar-refractivity contribution in [3.63, 3.8) is 0 Å². The first-order valence-electron chi connectivity index (χ1n) is 25.5. The number of nitrogens with one attached hydrogen (secondary N) is 8. The van der Waals surface area contributed by atoms with Crippen LogP contribution < -0.4 is 58.7 Å². The Balaban J connectivity index is 0.000000147. The van der Waals surface area contributed by atoms with Gasteiger partial charge in [0.2, 0.25) is 11.5 Å². The van der Waals surface area contributed by atoms with E-state index in [-0.39, 0.29) is 86.7 Å². The summed E-state index contributed by atoms with van der Waals surface area (Å²) in [6.45, 7) is 4.09. The molecule has 30 nitrogen and oxygen atoms in total. The largest absolute Gasteiger partial charge is 0.493 e. The Hall–Kier alpha value is -11.3. The van der Waals surface area contributed by atoms with Crippen LogP contribution in [0.4, 0.5) is 5.69 Å². The number of carbonyl (C=O) groups is 3. The fraction of sp³-hybridized carbons (Fsp3) is 0.127. The van der Waals surface area contributed by atoms with Gasteiger partial charge in [-0.05, 0) is 36.4 Å². The van der Waals surface area contributed by atoms with Gasteiger partial charge in [-0.3, -0.25) is 43.7 Å². The molecule has 0 fully saturated rings. The Morgan fingerprint density at radius 3 is 1.55 bits per heavy atom. The molecule has 10 aromatic heterocycles. The minimum absolute atomic E-state index is 0.00824. The highest BCUT2D eigenvalue weighted by Crippen LogP contribution is 2.37. The van der Waals surface area contributed by atoms with Gasteiger partial charge in [0, 0.05) is 34.7 Å². The van der Waals surface area contributed by atoms with Crippen LogP contribution >= 0.6 is 34.0 Å². The Morgan fingerprint density at radius 2 is 1.12 bits per heavy atom. The first-order valence-corrected chi connectivity index (χ1v) is 28.1. The lowest BCUT2D eigenvalue weighted by molar-refractivity contribution is 0.0697. The fourth-order valence-corrected chi connectivity index (χ4v) is 10.5. The lowest BCUT2D eigenvalue weighted by Gasteiger charge is -2.19. The number of carbonyl (C=O) groups excluding carboxylic acids is 2. The number of aliphatic hydroxyl groups excluding tert-OH is 1. The number of aromatic amines is 4. The van der Waals surface area contributed by atoms with Crippen molar-refractivity contribution in [1.29, 1.82) is 0 Å². The summed E-state index contributed by atoms with van der Waals surface area (Å²) in [6, 6.07) is 15.8. The Kier molecular flexibility index (Phi) is 19.6. The van der Waals surface area contributed by atoms with Crippen LogP contribution in [0.2, 0.25) is 0 Å². The van der Waals surface area contributed by atoms with Gasteiger partial charge in [0.25, 0.3) is 34.1 Å². The number of rotatable bonds is 14. The third kappa shape index (κ3) is 14.3. The van der Waals surface area contributed by atoms with Gasteiger partial charge in [0.1, 0.15) is 55.0 Å². The number of nitrogens with zero attached hydrogens (tertiary/aromatic N) is 9. The van der Waals surface area contributed by atoms with E-state index in [1.807, 2.05) is 0 Å². The molecule has 0 saturated heterocycles. The highest BCUT2D eigenvalue weighted by atomic mass is 32.1. The molecule has 0 aliphatic carbocycles. The highest BCUT2D eigenvalue weighted by Gasteiger charge is 2.28. The van der Waals surface area contributed by atoms with Crippen molar-refractivity contribution in [1.82, 2.24) is 70.8 Å². The number of amides is 2. The van der Waals surface area contributed by atoms with Gasteiger partial charge in [0.15, 0.2) is 29.5 Å². The fourth-order valence-electron chi connectivity index (χ4n) is 7.83. The molecule has 10 aromatic rings. The number of hydrogen-bond donors (Lipinski definition) is 11. The molecule has 0 radical (unpaired) electrons.